The fraction of sp³-hybridized carbons (Fsp3) is 0.900. The quantitative estimate of drug-likeness (QED) is 0.473. The van der Waals surface area contributed by atoms with E-state index in [0.29, 0.717) is 23.5 Å². The summed E-state index contributed by atoms with van der Waals surface area (Å²) in [4.78, 5) is 18.9. The Morgan fingerprint density at radius 3 is 2.65 bits per heavy atom. The highest BCUT2D eigenvalue weighted by atomic mass is 16.5. The number of ether oxygens (including phenoxy) is 2. The lowest BCUT2D eigenvalue weighted by Crippen LogP contribution is -2.69. The molecule has 0 aromatic carbocycles. The Morgan fingerprint density at radius 2 is 2.00 bits per heavy atom. The molecule has 26 heavy (non-hydrogen) atoms. The van der Waals surface area contributed by atoms with E-state index in [1.165, 1.54) is 39.2 Å². The summed E-state index contributed by atoms with van der Waals surface area (Å²) in [5.41, 5.74) is 0.333. The zero-order valence-electron chi connectivity index (χ0n) is 16.2. The summed E-state index contributed by atoms with van der Waals surface area (Å²) in [6.07, 6.45) is 8.57. The van der Waals surface area contributed by atoms with Gasteiger partial charge < -0.3 is 19.7 Å². The van der Waals surface area contributed by atoms with Crippen LogP contribution in [0, 0.1) is 17.3 Å². The number of hydrogen-bond acceptors (Lipinski definition) is 4. The summed E-state index contributed by atoms with van der Waals surface area (Å²) >= 11 is 0. The Hall–Kier alpha value is -1.30. The van der Waals surface area contributed by atoms with Gasteiger partial charge in [0, 0.05) is 43.6 Å². The molecule has 3 unspecified atom stereocenters. The first kappa shape index (κ1) is 18.1. The fourth-order valence-electron chi connectivity index (χ4n) is 5.92. The monoisotopic (exact) mass is 363 g/mol. The number of piperidine rings is 1. The summed E-state index contributed by atoms with van der Waals surface area (Å²) in [5, 5.41) is 3.87. The molecule has 2 saturated heterocycles. The number of carbonyl (C=O) groups excluding carboxylic acids is 1. The standard InChI is InChI=1S/C20H33N3O3/c1-3-21-19(23-11-6-14(7-12-23)18(24)25-2)22-16-15-8-13-26-17(15)20(16)9-4-5-10-20/h14-17H,3-13H2,1-2H3,(H,21,22). The van der Waals surface area contributed by atoms with Crippen molar-refractivity contribution in [2.45, 2.75) is 64.0 Å². The van der Waals surface area contributed by atoms with E-state index in [4.69, 9.17) is 14.5 Å². The minimum Gasteiger partial charge on any atom is -0.469 e. The first-order valence-electron chi connectivity index (χ1n) is 10.4. The number of nitrogens with one attached hydrogen (secondary N) is 1. The smallest absolute Gasteiger partial charge is 0.308 e. The second-order valence-electron chi connectivity index (χ2n) is 8.39. The van der Waals surface area contributed by atoms with Crippen LogP contribution in [-0.4, -0.2) is 62.3 Å². The van der Waals surface area contributed by atoms with Gasteiger partial charge in [-0.05, 0) is 39.0 Å². The van der Waals surface area contributed by atoms with Crippen molar-refractivity contribution < 1.29 is 14.3 Å². The number of nitrogens with zero attached hydrogens (tertiary/aromatic N) is 2. The lowest BCUT2D eigenvalue weighted by molar-refractivity contribution is -0.146. The molecule has 6 heteroatoms. The highest BCUT2D eigenvalue weighted by Crippen LogP contribution is 2.60. The molecule has 0 aromatic rings. The van der Waals surface area contributed by atoms with Gasteiger partial charge in [0.25, 0.3) is 0 Å². The molecule has 6 nitrogen and oxygen atoms in total. The molecule has 146 valence electrons. The van der Waals surface area contributed by atoms with Crippen LogP contribution in [0.4, 0.5) is 0 Å². The maximum Gasteiger partial charge on any atom is 0.308 e. The number of guanidine groups is 1. The van der Waals surface area contributed by atoms with Crippen molar-refractivity contribution in [2.24, 2.45) is 22.2 Å². The molecular weight excluding hydrogens is 330 g/mol. The van der Waals surface area contributed by atoms with E-state index in [2.05, 4.69) is 17.1 Å². The number of aliphatic imine (C=N–C) groups is 1. The molecule has 1 spiro atoms. The third-order valence-corrected chi connectivity index (χ3v) is 7.21. The van der Waals surface area contributed by atoms with E-state index in [1.807, 2.05) is 0 Å². The highest BCUT2D eigenvalue weighted by molar-refractivity contribution is 5.81. The number of esters is 1. The first-order valence-corrected chi connectivity index (χ1v) is 10.4. The molecule has 3 atom stereocenters. The predicted octanol–water partition coefficient (Wildman–Crippen LogP) is 2.18. The second-order valence-corrected chi connectivity index (χ2v) is 8.39. The van der Waals surface area contributed by atoms with Crippen LogP contribution in [0.1, 0.15) is 51.9 Å². The Balaban J connectivity index is 1.43. The van der Waals surface area contributed by atoms with E-state index >= 15 is 0 Å². The van der Waals surface area contributed by atoms with Crippen LogP contribution >= 0.6 is 0 Å². The Morgan fingerprint density at radius 1 is 1.27 bits per heavy atom. The van der Waals surface area contributed by atoms with Gasteiger partial charge in [-0.3, -0.25) is 9.79 Å². The molecular formula is C20H33N3O3. The second kappa shape index (κ2) is 7.37. The Labute approximate surface area is 156 Å². The largest absolute Gasteiger partial charge is 0.469 e. The zero-order valence-corrected chi connectivity index (χ0v) is 16.2. The van der Waals surface area contributed by atoms with Crippen molar-refractivity contribution in [2.75, 3.05) is 33.4 Å². The Kier molecular flexibility index (Phi) is 5.13. The zero-order chi connectivity index (χ0) is 18.1. The van der Waals surface area contributed by atoms with E-state index in [1.54, 1.807) is 0 Å². The predicted molar refractivity (Wildman–Crippen MR) is 100.0 cm³/mol. The average Bonchev–Trinajstić information content (AvgIpc) is 3.33. The molecule has 0 amide bonds. The average molecular weight is 364 g/mol. The number of fused-ring (bicyclic) bond motifs is 2. The molecule has 4 aliphatic rings. The van der Waals surface area contributed by atoms with Crippen LogP contribution in [0.3, 0.4) is 0 Å². The van der Waals surface area contributed by atoms with E-state index in [0.717, 1.165) is 45.0 Å². The molecule has 2 aliphatic heterocycles. The van der Waals surface area contributed by atoms with Gasteiger partial charge in [-0.1, -0.05) is 12.8 Å². The van der Waals surface area contributed by atoms with Crippen LogP contribution in [0.2, 0.25) is 0 Å². The van der Waals surface area contributed by atoms with Gasteiger partial charge in [-0.15, -0.1) is 0 Å². The van der Waals surface area contributed by atoms with E-state index in [9.17, 15) is 4.79 Å². The SMILES string of the molecule is CCN=C(NC1C2CCOC2C12CCCC2)N1CCC(C(=O)OC)CC1. The third kappa shape index (κ3) is 2.90. The number of methoxy groups -OCH3 is 1. The van der Waals surface area contributed by atoms with Crippen molar-refractivity contribution in [1.29, 1.82) is 0 Å². The van der Waals surface area contributed by atoms with Crippen LogP contribution < -0.4 is 5.32 Å². The van der Waals surface area contributed by atoms with Crippen LogP contribution in [0.5, 0.6) is 0 Å². The number of carbonyl (C=O) groups is 1. The number of likely N-dealkylation sites (tertiary alicyclic amines) is 1. The minimum absolute atomic E-state index is 0.0385. The molecule has 4 fully saturated rings. The first-order chi connectivity index (χ1) is 12.7. The summed E-state index contributed by atoms with van der Waals surface area (Å²) in [6.45, 7) is 5.53. The summed E-state index contributed by atoms with van der Waals surface area (Å²) in [5.74, 6) is 1.65. The topological polar surface area (TPSA) is 63.2 Å². The highest BCUT2D eigenvalue weighted by Gasteiger charge is 2.65. The molecule has 2 heterocycles. The fourth-order valence-corrected chi connectivity index (χ4v) is 5.92. The molecule has 0 aromatic heterocycles. The van der Waals surface area contributed by atoms with Gasteiger partial charge in [-0.2, -0.15) is 0 Å². The minimum atomic E-state index is -0.0681. The normalized spacial score (nSPS) is 33.8. The third-order valence-electron chi connectivity index (χ3n) is 7.21. The van der Waals surface area contributed by atoms with Gasteiger partial charge in [0.1, 0.15) is 0 Å². The van der Waals surface area contributed by atoms with Crippen molar-refractivity contribution in [3.63, 3.8) is 0 Å². The van der Waals surface area contributed by atoms with Gasteiger partial charge in [0.05, 0.1) is 19.1 Å². The van der Waals surface area contributed by atoms with E-state index < -0.39 is 0 Å². The molecule has 0 radical (unpaired) electrons. The van der Waals surface area contributed by atoms with Gasteiger partial charge in [0.2, 0.25) is 0 Å². The lowest BCUT2D eigenvalue weighted by atomic mass is 9.54. The molecule has 2 saturated carbocycles. The van der Waals surface area contributed by atoms with Crippen molar-refractivity contribution >= 4 is 11.9 Å². The maximum absolute atomic E-state index is 11.8. The van der Waals surface area contributed by atoms with Gasteiger partial charge >= 0.3 is 5.97 Å². The van der Waals surface area contributed by atoms with E-state index in [-0.39, 0.29) is 11.9 Å². The van der Waals surface area contributed by atoms with Crippen molar-refractivity contribution in [1.82, 2.24) is 10.2 Å². The Bertz CT molecular complexity index is 551. The van der Waals surface area contributed by atoms with Crippen LogP contribution in [0.25, 0.3) is 0 Å². The van der Waals surface area contributed by atoms with Gasteiger partial charge in [-0.25, -0.2) is 0 Å². The molecule has 4 rings (SSSR count). The molecule has 1 N–H and O–H groups in total. The summed E-state index contributed by atoms with van der Waals surface area (Å²) in [6, 6.07) is 0.501. The van der Waals surface area contributed by atoms with Crippen molar-refractivity contribution in [3.8, 4) is 0 Å². The molecule has 2 aliphatic carbocycles. The van der Waals surface area contributed by atoms with Crippen LogP contribution in [-0.2, 0) is 14.3 Å². The molecule has 0 bridgehead atoms. The maximum atomic E-state index is 11.8. The summed E-state index contributed by atoms with van der Waals surface area (Å²) in [7, 11) is 1.48. The number of hydrogen-bond donors (Lipinski definition) is 1. The summed E-state index contributed by atoms with van der Waals surface area (Å²) < 4.78 is 11.0. The lowest BCUT2D eigenvalue weighted by Gasteiger charge is -2.57. The van der Waals surface area contributed by atoms with Gasteiger partial charge in [0.15, 0.2) is 5.96 Å². The van der Waals surface area contributed by atoms with Crippen molar-refractivity contribution in [3.05, 3.63) is 0 Å². The number of rotatable bonds is 3. The van der Waals surface area contributed by atoms with Crippen LogP contribution in [0.15, 0.2) is 4.99 Å².